The second-order valence-electron chi connectivity index (χ2n) is 7.55. The molecule has 1 amide bonds. The molecule has 1 saturated heterocycles. The molecule has 146 valence electrons. The molecule has 1 aliphatic heterocycles. The average molecular weight is 379 g/mol. The summed E-state index contributed by atoms with van der Waals surface area (Å²) in [5.41, 5.74) is 10.2. The number of aryl methyl sites for hydroxylation is 1. The van der Waals surface area contributed by atoms with E-state index in [2.05, 4.69) is 40.1 Å². The smallest absolute Gasteiger partial charge is 0.245 e. The zero-order valence-electron chi connectivity index (χ0n) is 16.5. The van der Waals surface area contributed by atoms with Crippen LogP contribution in [0.15, 0.2) is 31.4 Å². The number of likely N-dealkylation sites (tertiary alicyclic amines) is 1. The van der Waals surface area contributed by atoms with Crippen molar-refractivity contribution in [3.05, 3.63) is 37.1 Å². The van der Waals surface area contributed by atoms with Crippen molar-refractivity contribution in [3.8, 4) is 11.1 Å². The fraction of sp³-hybridized carbons (Fsp3) is 0.400. The summed E-state index contributed by atoms with van der Waals surface area (Å²) < 4.78 is 4.02. The maximum Gasteiger partial charge on any atom is 0.245 e. The van der Waals surface area contributed by atoms with Crippen LogP contribution in [0.25, 0.3) is 22.2 Å². The topological polar surface area (TPSA) is 94.9 Å². The Labute approximate surface area is 163 Å². The lowest BCUT2D eigenvalue weighted by molar-refractivity contribution is -0.125. The highest BCUT2D eigenvalue weighted by molar-refractivity contribution is 6.02. The highest BCUT2D eigenvalue weighted by Gasteiger charge is 2.33. The van der Waals surface area contributed by atoms with E-state index in [4.69, 9.17) is 5.73 Å². The molecule has 3 aromatic rings. The van der Waals surface area contributed by atoms with Crippen molar-refractivity contribution in [1.82, 2.24) is 29.2 Å². The highest BCUT2D eigenvalue weighted by atomic mass is 16.2. The molecule has 4 heterocycles. The van der Waals surface area contributed by atoms with Gasteiger partial charge in [0.2, 0.25) is 5.91 Å². The Kier molecular flexibility index (Phi) is 4.41. The Balaban J connectivity index is 1.90. The first-order valence-electron chi connectivity index (χ1n) is 9.47. The van der Waals surface area contributed by atoms with E-state index in [0.29, 0.717) is 18.9 Å². The minimum absolute atomic E-state index is 0.0326. The number of carbonyl (C=O) groups is 1. The summed E-state index contributed by atoms with van der Waals surface area (Å²) in [5, 5.41) is 5.35. The number of nitrogen functional groups attached to an aromatic ring is 1. The molecule has 3 aromatic heterocycles. The number of amides is 1. The number of fused-ring (bicyclic) bond motifs is 1. The van der Waals surface area contributed by atoms with E-state index in [-0.39, 0.29) is 17.9 Å². The second kappa shape index (κ2) is 6.78. The molecular formula is C20H25N7O. The van der Waals surface area contributed by atoms with Crippen molar-refractivity contribution in [1.29, 1.82) is 0 Å². The van der Waals surface area contributed by atoms with E-state index in [9.17, 15) is 4.79 Å². The number of hydrogen-bond donors (Lipinski definition) is 1. The van der Waals surface area contributed by atoms with E-state index in [1.807, 2.05) is 29.0 Å². The number of anilines is 1. The summed E-state index contributed by atoms with van der Waals surface area (Å²) in [7, 11) is 2.00. The molecule has 0 saturated carbocycles. The Morgan fingerprint density at radius 1 is 1.39 bits per heavy atom. The maximum absolute atomic E-state index is 12.1. The molecule has 0 aliphatic carbocycles. The highest BCUT2D eigenvalue weighted by Crippen LogP contribution is 2.42. The minimum Gasteiger partial charge on any atom is -0.383 e. The van der Waals surface area contributed by atoms with E-state index in [1.165, 1.54) is 12.4 Å². The van der Waals surface area contributed by atoms with Gasteiger partial charge in [0.1, 0.15) is 17.8 Å². The number of nitrogens with zero attached hydrogens (tertiary/aromatic N) is 6. The second-order valence-corrected chi connectivity index (χ2v) is 7.55. The third kappa shape index (κ3) is 2.76. The third-order valence-electron chi connectivity index (χ3n) is 5.52. The van der Waals surface area contributed by atoms with E-state index in [1.54, 1.807) is 0 Å². The SMILES string of the molecule is C=CC(=O)N1CCC(c2c(-c3cnn(C(C)C)c3)c3c(N)ncnc3n2C)C1. The average Bonchev–Trinajstić information content (AvgIpc) is 3.39. The zero-order valence-corrected chi connectivity index (χ0v) is 16.5. The van der Waals surface area contributed by atoms with Crippen molar-refractivity contribution in [2.45, 2.75) is 32.2 Å². The fourth-order valence-electron chi connectivity index (χ4n) is 4.13. The molecule has 28 heavy (non-hydrogen) atoms. The van der Waals surface area contributed by atoms with E-state index in [0.717, 1.165) is 34.3 Å². The molecule has 0 bridgehead atoms. The molecular weight excluding hydrogens is 354 g/mol. The molecule has 8 heteroatoms. The number of carbonyl (C=O) groups excluding carboxylic acids is 1. The summed E-state index contributed by atoms with van der Waals surface area (Å²) in [6, 6.07) is 0.257. The predicted octanol–water partition coefficient (Wildman–Crippen LogP) is 2.50. The van der Waals surface area contributed by atoms with Crippen LogP contribution < -0.4 is 5.73 Å². The van der Waals surface area contributed by atoms with Gasteiger partial charge in [-0.1, -0.05) is 6.58 Å². The molecule has 0 aromatic carbocycles. The molecule has 0 radical (unpaired) electrons. The van der Waals surface area contributed by atoms with Crippen LogP contribution in [-0.4, -0.2) is 48.2 Å². The molecule has 2 N–H and O–H groups in total. The Morgan fingerprint density at radius 3 is 2.86 bits per heavy atom. The molecule has 8 nitrogen and oxygen atoms in total. The molecule has 4 rings (SSSR count). The van der Waals surface area contributed by atoms with Gasteiger partial charge in [-0.15, -0.1) is 0 Å². The zero-order chi connectivity index (χ0) is 20.0. The van der Waals surface area contributed by atoms with Crippen molar-refractivity contribution < 1.29 is 4.79 Å². The number of nitrogens with two attached hydrogens (primary N) is 1. The Hall–Kier alpha value is -3.16. The van der Waals surface area contributed by atoms with Crippen LogP contribution in [-0.2, 0) is 11.8 Å². The van der Waals surface area contributed by atoms with Gasteiger partial charge in [0.15, 0.2) is 0 Å². The largest absolute Gasteiger partial charge is 0.383 e. The van der Waals surface area contributed by atoms with Gasteiger partial charge in [0.25, 0.3) is 0 Å². The molecule has 0 spiro atoms. The van der Waals surface area contributed by atoms with Crippen LogP contribution in [0, 0.1) is 0 Å². The van der Waals surface area contributed by atoms with Crippen LogP contribution in [0.2, 0.25) is 0 Å². The minimum atomic E-state index is -0.0326. The Bertz CT molecular complexity index is 1060. The van der Waals surface area contributed by atoms with Gasteiger partial charge in [-0.2, -0.15) is 5.10 Å². The third-order valence-corrected chi connectivity index (χ3v) is 5.52. The Morgan fingerprint density at radius 2 is 2.18 bits per heavy atom. The quantitative estimate of drug-likeness (QED) is 0.703. The first-order chi connectivity index (χ1) is 13.4. The predicted molar refractivity (Wildman–Crippen MR) is 109 cm³/mol. The summed E-state index contributed by atoms with van der Waals surface area (Å²) in [6.07, 6.45) is 7.65. The van der Waals surface area contributed by atoms with Crippen molar-refractivity contribution in [3.63, 3.8) is 0 Å². The van der Waals surface area contributed by atoms with Crippen molar-refractivity contribution in [2.75, 3.05) is 18.8 Å². The molecule has 1 unspecified atom stereocenters. The van der Waals surface area contributed by atoms with Gasteiger partial charge < -0.3 is 15.2 Å². The monoisotopic (exact) mass is 379 g/mol. The first-order valence-corrected chi connectivity index (χ1v) is 9.47. The van der Waals surface area contributed by atoms with Gasteiger partial charge >= 0.3 is 0 Å². The summed E-state index contributed by atoms with van der Waals surface area (Å²) >= 11 is 0. The van der Waals surface area contributed by atoms with E-state index < -0.39 is 0 Å². The fourth-order valence-corrected chi connectivity index (χ4v) is 4.13. The summed E-state index contributed by atoms with van der Waals surface area (Å²) in [4.78, 5) is 22.6. The number of hydrogen-bond acceptors (Lipinski definition) is 5. The van der Waals surface area contributed by atoms with Crippen LogP contribution >= 0.6 is 0 Å². The lowest BCUT2D eigenvalue weighted by atomic mass is 9.96. The van der Waals surface area contributed by atoms with Gasteiger partial charge in [-0.3, -0.25) is 9.48 Å². The van der Waals surface area contributed by atoms with E-state index >= 15 is 0 Å². The van der Waals surface area contributed by atoms with Crippen LogP contribution in [0.5, 0.6) is 0 Å². The lowest BCUT2D eigenvalue weighted by Crippen LogP contribution is -2.26. The standard InChI is InChI=1S/C20H25N7O/c1-5-15(28)26-7-6-13(9-26)18-16(14-8-24-27(10-14)12(2)3)17-19(21)22-11-23-20(17)25(18)4/h5,8,10-13H,1,6-7,9H2,2-4H3,(H2,21,22,23). The van der Waals surface area contributed by atoms with Gasteiger partial charge in [-0.05, 0) is 26.3 Å². The van der Waals surface area contributed by atoms with Crippen molar-refractivity contribution in [2.24, 2.45) is 7.05 Å². The summed E-state index contributed by atoms with van der Waals surface area (Å²) in [5.74, 6) is 0.603. The van der Waals surface area contributed by atoms with Crippen LogP contribution in [0.3, 0.4) is 0 Å². The molecule has 1 fully saturated rings. The van der Waals surface area contributed by atoms with Gasteiger partial charge in [0, 0.05) is 55.1 Å². The number of rotatable bonds is 4. The van der Waals surface area contributed by atoms with Crippen molar-refractivity contribution >= 4 is 22.8 Å². The van der Waals surface area contributed by atoms with Gasteiger partial charge in [-0.25, -0.2) is 9.97 Å². The first kappa shape index (κ1) is 18.2. The van der Waals surface area contributed by atoms with Gasteiger partial charge in [0.05, 0.1) is 11.6 Å². The molecule has 1 atom stereocenters. The lowest BCUT2D eigenvalue weighted by Gasteiger charge is -2.16. The summed E-state index contributed by atoms with van der Waals surface area (Å²) in [6.45, 7) is 9.15. The maximum atomic E-state index is 12.1. The normalized spacial score (nSPS) is 17.0. The molecule has 1 aliphatic rings. The van der Waals surface area contributed by atoms with Crippen LogP contribution in [0.1, 0.15) is 37.9 Å². The number of aromatic nitrogens is 5. The van der Waals surface area contributed by atoms with Crippen LogP contribution in [0.4, 0.5) is 5.82 Å².